The van der Waals surface area contributed by atoms with Crippen molar-refractivity contribution in [1.82, 2.24) is 19.3 Å². The van der Waals surface area contributed by atoms with Crippen LogP contribution < -0.4 is 4.74 Å². The Kier molecular flexibility index (Phi) is 5.93. The van der Waals surface area contributed by atoms with Crippen molar-refractivity contribution in [3.8, 4) is 34.1 Å². The number of fused-ring (bicyclic) bond motifs is 3. The van der Waals surface area contributed by atoms with Gasteiger partial charge in [0.15, 0.2) is 0 Å². The van der Waals surface area contributed by atoms with Crippen molar-refractivity contribution >= 4 is 21.8 Å². The summed E-state index contributed by atoms with van der Waals surface area (Å²) in [6, 6.07) is 35.6. The summed E-state index contributed by atoms with van der Waals surface area (Å²) in [5.74, 6) is 2.43. The normalized spacial score (nSPS) is 11.4. The minimum absolute atomic E-state index is 0.768. The number of para-hydroxylation sites is 1. The van der Waals surface area contributed by atoms with Crippen molar-refractivity contribution in [3.05, 3.63) is 132 Å². The number of nitrogens with zero attached hydrogens (tertiary/aromatic N) is 4. The Balaban J connectivity index is 1.31. The van der Waals surface area contributed by atoms with E-state index in [1.54, 1.807) is 0 Å². The number of ether oxygens (including phenoxy) is 1. The number of hydrogen-bond donors (Lipinski definition) is 0. The van der Waals surface area contributed by atoms with Crippen LogP contribution in [0.2, 0.25) is 0 Å². The predicted octanol–water partition coefficient (Wildman–Crippen LogP) is 9.06. The molecular formula is C36H30N4O. The minimum Gasteiger partial charge on any atom is -0.457 e. The molecule has 0 aliphatic rings. The van der Waals surface area contributed by atoms with Crippen LogP contribution in [0.5, 0.6) is 11.5 Å². The molecule has 0 bridgehead atoms. The lowest BCUT2D eigenvalue weighted by Crippen LogP contribution is -2.00. The molecule has 0 saturated carbocycles. The van der Waals surface area contributed by atoms with E-state index in [4.69, 9.17) is 14.8 Å². The highest BCUT2D eigenvalue weighted by Gasteiger charge is 2.17. The van der Waals surface area contributed by atoms with Crippen LogP contribution in [0.3, 0.4) is 0 Å². The molecule has 5 heteroatoms. The molecule has 0 N–H and O–H groups in total. The van der Waals surface area contributed by atoms with Gasteiger partial charge in [-0.25, -0.2) is 9.67 Å². The number of pyridine rings is 1. The van der Waals surface area contributed by atoms with Gasteiger partial charge in [0.1, 0.15) is 17.3 Å². The Labute approximate surface area is 239 Å². The van der Waals surface area contributed by atoms with Gasteiger partial charge in [0.2, 0.25) is 0 Å². The van der Waals surface area contributed by atoms with Crippen molar-refractivity contribution in [2.24, 2.45) is 0 Å². The van der Waals surface area contributed by atoms with E-state index in [0.717, 1.165) is 61.9 Å². The molecule has 3 aromatic heterocycles. The first-order valence-corrected chi connectivity index (χ1v) is 13.8. The highest BCUT2D eigenvalue weighted by atomic mass is 16.5. The first kappa shape index (κ1) is 24.9. The zero-order valence-corrected chi connectivity index (χ0v) is 23.6. The zero-order chi connectivity index (χ0) is 28.1. The van der Waals surface area contributed by atoms with Gasteiger partial charge in [-0.2, -0.15) is 5.10 Å². The van der Waals surface area contributed by atoms with Crippen LogP contribution in [0.25, 0.3) is 44.4 Å². The van der Waals surface area contributed by atoms with Crippen LogP contribution >= 0.6 is 0 Å². The van der Waals surface area contributed by atoms with Crippen molar-refractivity contribution in [3.63, 3.8) is 0 Å². The van der Waals surface area contributed by atoms with Crippen molar-refractivity contribution in [1.29, 1.82) is 0 Å². The number of aryl methyl sites for hydroxylation is 3. The van der Waals surface area contributed by atoms with Crippen molar-refractivity contribution in [2.45, 2.75) is 27.7 Å². The van der Waals surface area contributed by atoms with E-state index in [1.165, 1.54) is 16.5 Å². The molecule has 0 aliphatic heterocycles. The largest absolute Gasteiger partial charge is 0.457 e. The SMILES string of the molecule is Cc1cc(Oc2ccc3c4ccccc4n(-c4cc(C)ccn4)c3c2)cc(-n2nc(C)c(-c3ccccc3)c2C)c1. The highest BCUT2D eigenvalue weighted by Crippen LogP contribution is 2.36. The summed E-state index contributed by atoms with van der Waals surface area (Å²) in [5.41, 5.74) is 9.85. The first-order valence-electron chi connectivity index (χ1n) is 13.8. The molecule has 41 heavy (non-hydrogen) atoms. The van der Waals surface area contributed by atoms with Crippen LogP contribution in [0.4, 0.5) is 0 Å². The molecule has 7 rings (SSSR count). The Morgan fingerprint density at radius 2 is 1.41 bits per heavy atom. The zero-order valence-electron chi connectivity index (χ0n) is 23.6. The lowest BCUT2D eigenvalue weighted by molar-refractivity contribution is 0.482. The molecule has 0 unspecified atom stereocenters. The molecule has 0 spiro atoms. The molecule has 0 aliphatic carbocycles. The number of hydrogen-bond acceptors (Lipinski definition) is 3. The number of aromatic nitrogens is 4. The van der Waals surface area contributed by atoms with Gasteiger partial charge >= 0.3 is 0 Å². The second kappa shape index (κ2) is 9.79. The monoisotopic (exact) mass is 534 g/mol. The number of benzene rings is 4. The molecule has 0 fully saturated rings. The van der Waals surface area contributed by atoms with E-state index in [0.29, 0.717) is 0 Å². The van der Waals surface area contributed by atoms with E-state index in [-0.39, 0.29) is 0 Å². The van der Waals surface area contributed by atoms with Gasteiger partial charge in [-0.15, -0.1) is 0 Å². The molecule has 5 nitrogen and oxygen atoms in total. The van der Waals surface area contributed by atoms with E-state index in [9.17, 15) is 0 Å². The topological polar surface area (TPSA) is 44.9 Å². The van der Waals surface area contributed by atoms with E-state index >= 15 is 0 Å². The molecule has 0 saturated heterocycles. The van der Waals surface area contributed by atoms with Gasteiger partial charge in [0.25, 0.3) is 0 Å². The molecule has 4 aromatic carbocycles. The van der Waals surface area contributed by atoms with Crippen LogP contribution in [0.15, 0.2) is 109 Å². The van der Waals surface area contributed by atoms with Gasteiger partial charge in [-0.1, -0.05) is 48.5 Å². The smallest absolute Gasteiger partial charge is 0.137 e. The van der Waals surface area contributed by atoms with Gasteiger partial charge in [-0.3, -0.25) is 4.57 Å². The van der Waals surface area contributed by atoms with Crippen LogP contribution in [0, 0.1) is 27.7 Å². The summed E-state index contributed by atoms with van der Waals surface area (Å²) in [7, 11) is 0. The molecule has 0 atom stereocenters. The summed E-state index contributed by atoms with van der Waals surface area (Å²) < 4.78 is 10.8. The van der Waals surface area contributed by atoms with E-state index < -0.39 is 0 Å². The maximum atomic E-state index is 6.53. The Morgan fingerprint density at radius 3 is 2.24 bits per heavy atom. The third-order valence-corrected chi connectivity index (χ3v) is 7.65. The van der Waals surface area contributed by atoms with E-state index in [2.05, 4.69) is 117 Å². The van der Waals surface area contributed by atoms with Gasteiger partial charge < -0.3 is 4.74 Å². The van der Waals surface area contributed by atoms with Crippen LogP contribution in [-0.2, 0) is 0 Å². The Morgan fingerprint density at radius 1 is 0.634 bits per heavy atom. The average molecular weight is 535 g/mol. The fourth-order valence-electron chi connectivity index (χ4n) is 5.87. The average Bonchev–Trinajstić information content (AvgIpc) is 3.46. The first-order chi connectivity index (χ1) is 20.0. The molecule has 3 heterocycles. The Hall–Kier alpha value is -5.16. The van der Waals surface area contributed by atoms with Gasteiger partial charge in [-0.05, 0) is 86.8 Å². The van der Waals surface area contributed by atoms with Gasteiger partial charge in [0, 0.05) is 40.4 Å². The van der Waals surface area contributed by atoms with E-state index in [1.807, 2.05) is 29.1 Å². The standard InChI is InChI=1S/C36H30N4O/c1-23-16-17-37-35(20-23)39-33-13-9-8-12-31(33)32-15-14-29(22-34(32)39)41-30-19-24(2)18-28(21-30)40-26(4)36(25(3)38-40)27-10-6-5-7-11-27/h5-22H,1-4H3. The molecule has 0 amide bonds. The van der Waals surface area contributed by atoms with Crippen molar-refractivity contribution in [2.75, 3.05) is 0 Å². The van der Waals surface area contributed by atoms with Crippen LogP contribution in [-0.4, -0.2) is 19.3 Å². The number of rotatable bonds is 5. The molecular weight excluding hydrogens is 504 g/mol. The third kappa shape index (κ3) is 4.36. The summed E-state index contributed by atoms with van der Waals surface area (Å²) in [5, 5.41) is 7.27. The quantitative estimate of drug-likeness (QED) is 0.221. The molecule has 200 valence electrons. The summed E-state index contributed by atoms with van der Waals surface area (Å²) in [6.45, 7) is 8.37. The maximum absolute atomic E-state index is 6.53. The maximum Gasteiger partial charge on any atom is 0.137 e. The Bertz CT molecular complexity index is 2070. The fraction of sp³-hybridized carbons (Fsp3) is 0.111. The second-order valence-corrected chi connectivity index (χ2v) is 10.7. The molecule has 7 aromatic rings. The molecule has 0 radical (unpaired) electrons. The second-order valence-electron chi connectivity index (χ2n) is 10.7. The summed E-state index contributed by atoms with van der Waals surface area (Å²) >= 11 is 0. The summed E-state index contributed by atoms with van der Waals surface area (Å²) in [4.78, 5) is 4.70. The fourth-order valence-corrected chi connectivity index (χ4v) is 5.87. The lowest BCUT2D eigenvalue weighted by atomic mass is 10.0. The van der Waals surface area contributed by atoms with Crippen molar-refractivity contribution < 1.29 is 4.74 Å². The van der Waals surface area contributed by atoms with Gasteiger partial charge in [0.05, 0.1) is 22.4 Å². The summed E-state index contributed by atoms with van der Waals surface area (Å²) in [6.07, 6.45) is 1.86. The lowest BCUT2D eigenvalue weighted by Gasteiger charge is -2.12. The third-order valence-electron chi connectivity index (χ3n) is 7.65. The van der Waals surface area contributed by atoms with Crippen LogP contribution in [0.1, 0.15) is 22.5 Å². The highest BCUT2D eigenvalue weighted by molar-refractivity contribution is 6.09. The predicted molar refractivity (Wildman–Crippen MR) is 167 cm³/mol. The minimum atomic E-state index is 0.768.